The van der Waals surface area contributed by atoms with Crippen molar-refractivity contribution in [2.45, 2.75) is 38.3 Å². The van der Waals surface area contributed by atoms with Crippen molar-refractivity contribution in [3.8, 4) is 0 Å². The number of carbonyl (C=O) groups is 1. The molecule has 3 fully saturated rings. The highest BCUT2D eigenvalue weighted by Crippen LogP contribution is 2.47. The molecular weight excluding hydrogens is 385 g/mol. The monoisotopic (exact) mass is 415 g/mol. The Bertz CT molecular complexity index is 620. The van der Waals surface area contributed by atoms with Gasteiger partial charge in [-0.2, -0.15) is 0 Å². The van der Waals surface area contributed by atoms with Gasteiger partial charge in [-0.05, 0) is 55.7 Å². The molecule has 152 valence electrons. The van der Waals surface area contributed by atoms with Crippen LogP contribution in [0.15, 0.2) is 24.3 Å². The number of hydrogen-bond acceptors (Lipinski definition) is 4. The number of hydrogen-bond donors (Lipinski definition) is 2. The average molecular weight is 416 g/mol. The molecule has 2 aliphatic carbocycles. The molecule has 0 spiro atoms. The van der Waals surface area contributed by atoms with Gasteiger partial charge in [-0.25, -0.2) is 0 Å². The molecule has 1 amide bonds. The summed E-state index contributed by atoms with van der Waals surface area (Å²) >= 11 is 0. The Labute approximate surface area is 174 Å². The number of morpholine rings is 1. The Kier molecular flexibility index (Phi) is 7.95. The molecule has 27 heavy (non-hydrogen) atoms. The molecule has 3 aliphatic rings. The zero-order chi connectivity index (χ0) is 17.4. The molecule has 5 atom stereocenters. The van der Waals surface area contributed by atoms with E-state index in [2.05, 4.69) is 29.3 Å². The molecule has 0 aromatic heterocycles. The Hall–Kier alpha value is -0.850. The summed E-state index contributed by atoms with van der Waals surface area (Å²) in [5.41, 5.74) is 8.44. The Morgan fingerprint density at radius 1 is 1.15 bits per heavy atom. The van der Waals surface area contributed by atoms with Crippen LogP contribution in [0.2, 0.25) is 0 Å². The van der Waals surface area contributed by atoms with Crippen LogP contribution in [0.25, 0.3) is 0 Å². The van der Waals surface area contributed by atoms with E-state index in [1.54, 1.807) is 0 Å². The molecule has 1 aromatic carbocycles. The van der Waals surface area contributed by atoms with Crippen molar-refractivity contribution in [3.05, 3.63) is 29.8 Å². The Morgan fingerprint density at radius 3 is 2.37 bits per heavy atom. The summed E-state index contributed by atoms with van der Waals surface area (Å²) in [5.74, 6) is 1.14. The maximum Gasteiger partial charge on any atom is 0.229 e. The van der Waals surface area contributed by atoms with Gasteiger partial charge in [-0.3, -0.25) is 9.69 Å². The van der Waals surface area contributed by atoms with E-state index in [0.29, 0.717) is 17.9 Å². The number of anilines is 1. The first-order valence-corrected chi connectivity index (χ1v) is 9.61. The zero-order valence-corrected chi connectivity index (χ0v) is 17.4. The van der Waals surface area contributed by atoms with Crippen LogP contribution in [-0.2, 0) is 9.53 Å². The van der Waals surface area contributed by atoms with Crippen molar-refractivity contribution in [2.75, 3.05) is 31.6 Å². The predicted octanol–water partition coefficient (Wildman–Crippen LogP) is 3.24. The van der Waals surface area contributed by atoms with Crippen LogP contribution in [0.1, 0.15) is 37.8 Å². The summed E-state index contributed by atoms with van der Waals surface area (Å²) in [6.45, 7) is 5.79. The molecule has 1 saturated heterocycles. The number of nitrogens with zero attached hydrogens (tertiary/aromatic N) is 1. The van der Waals surface area contributed by atoms with Crippen LogP contribution < -0.4 is 11.1 Å². The SMILES string of the molecule is CC(c1ccc(NC(=O)C2C3CCC(C3)C2N)cc1)N1CCOCC1.Cl.Cl. The highest BCUT2D eigenvalue weighted by molar-refractivity contribution is 5.93. The standard InChI is InChI=1S/C20H29N3O2.2ClH/c1-13(23-8-10-25-11-9-23)14-4-6-17(7-5-14)22-20(24)18-15-2-3-16(12-15)19(18)21;;/h4-7,13,15-16,18-19H,2-3,8-12,21H2,1H3,(H,22,24);2*1H. The maximum atomic E-state index is 12.7. The third-order valence-electron chi connectivity index (χ3n) is 6.54. The van der Waals surface area contributed by atoms with Gasteiger partial charge in [0.15, 0.2) is 0 Å². The lowest BCUT2D eigenvalue weighted by molar-refractivity contribution is -0.121. The average Bonchev–Trinajstić information content (AvgIpc) is 3.23. The summed E-state index contributed by atoms with van der Waals surface area (Å²) in [6, 6.07) is 8.69. The van der Waals surface area contributed by atoms with Gasteiger partial charge in [0.25, 0.3) is 0 Å². The summed E-state index contributed by atoms with van der Waals surface area (Å²) in [4.78, 5) is 15.1. The molecule has 2 saturated carbocycles. The number of halogens is 2. The normalized spacial score (nSPS) is 30.9. The van der Waals surface area contributed by atoms with Gasteiger partial charge >= 0.3 is 0 Å². The first-order valence-electron chi connectivity index (χ1n) is 9.61. The maximum absolute atomic E-state index is 12.7. The quantitative estimate of drug-likeness (QED) is 0.791. The lowest BCUT2D eigenvalue weighted by Gasteiger charge is -2.32. The van der Waals surface area contributed by atoms with Gasteiger partial charge in [-0.1, -0.05) is 12.1 Å². The highest BCUT2D eigenvalue weighted by atomic mass is 35.5. The van der Waals surface area contributed by atoms with E-state index < -0.39 is 0 Å². The van der Waals surface area contributed by atoms with E-state index in [0.717, 1.165) is 44.8 Å². The van der Waals surface area contributed by atoms with Crippen molar-refractivity contribution in [3.63, 3.8) is 0 Å². The van der Waals surface area contributed by atoms with Crippen molar-refractivity contribution in [1.29, 1.82) is 0 Å². The second-order valence-corrected chi connectivity index (χ2v) is 7.87. The van der Waals surface area contributed by atoms with Gasteiger partial charge in [0.2, 0.25) is 5.91 Å². The highest BCUT2D eigenvalue weighted by Gasteiger charge is 2.49. The van der Waals surface area contributed by atoms with Crippen LogP contribution in [0.4, 0.5) is 5.69 Å². The lowest BCUT2D eigenvalue weighted by atomic mass is 9.84. The number of fused-ring (bicyclic) bond motifs is 2. The third kappa shape index (κ3) is 4.60. The van der Waals surface area contributed by atoms with E-state index in [9.17, 15) is 4.79 Å². The van der Waals surface area contributed by atoms with E-state index in [1.165, 1.54) is 12.0 Å². The summed E-state index contributed by atoms with van der Waals surface area (Å²) in [7, 11) is 0. The molecule has 1 heterocycles. The Balaban J connectivity index is 0.00000131. The van der Waals surface area contributed by atoms with Crippen molar-refractivity contribution in [1.82, 2.24) is 4.90 Å². The number of ether oxygens (including phenoxy) is 1. The molecule has 1 aromatic rings. The second-order valence-electron chi connectivity index (χ2n) is 7.87. The fourth-order valence-electron chi connectivity index (χ4n) is 4.97. The van der Waals surface area contributed by atoms with Crippen LogP contribution >= 0.6 is 24.8 Å². The van der Waals surface area contributed by atoms with Crippen molar-refractivity contribution in [2.24, 2.45) is 23.5 Å². The second kappa shape index (κ2) is 9.57. The van der Waals surface area contributed by atoms with Crippen molar-refractivity contribution >= 4 is 36.4 Å². The summed E-state index contributed by atoms with van der Waals surface area (Å²) < 4.78 is 5.43. The molecule has 7 heteroatoms. The number of amides is 1. The van der Waals surface area contributed by atoms with Gasteiger partial charge in [0, 0.05) is 30.9 Å². The number of benzene rings is 1. The van der Waals surface area contributed by atoms with Crippen molar-refractivity contribution < 1.29 is 9.53 Å². The van der Waals surface area contributed by atoms with E-state index in [4.69, 9.17) is 10.5 Å². The smallest absolute Gasteiger partial charge is 0.229 e. The topological polar surface area (TPSA) is 67.6 Å². The summed E-state index contributed by atoms with van der Waals surface area (Å²) in [5, 5.41) is 3.09. The predicted molar refractivity (Wildman–Crippen MR) is 113 cm³/mol. The minimum Gasteiger partial charge on any atom is -0.379 e. The summed E-state index contributed by atoms with van der Waals surface area (Å²) in [6.07, 6.45) is 3.49. The number of rotatable bonds is 4. The molecule has 5 nitrogen and oxygen atoms in total. The number of carbonyl (C=O) groups excluding carboxylic acids is 1. The molecule has 2 bridgehead atoms. The number of nitrogens with two attached hydrogens (primary N) is 1. The van der Waals surface area contributed by atoms with Gasteiger partial charge in [-0.15, -0.1) is 24.8 Å². The molecular formula is C20H31Cl2N3O2. The van der Waals surface area contributed by atoms with Gasteiger partial charge in [0.05, 0.1) is 19.1 Å². The van der Waals surface area contributed by atoms with E-state index in [-0.39, 0.29) is 42.7 Å². The minimum absolute atomic E-state index is 0. The minimum atomic E-state index is -0.00861. The number of nitrogens with one attached hydrogen (secondary N) is 1. The van der Waals surface area contributed by atoms with Crippen LogP contribution in [-0.4, -0.2) is 43.2 Å². The third-order valence-corrected chi connectivity index (χ3v) is 6.54. The molecule has 4 rings (SSSR count). The molecule has 5 unspecified atom stereocenters. The van der Waals surface area contributed by atoms with E-state index in [1.807, 2.05) is 12.1 Å². The first kappa shape index (κ1) is 22.4. The fraction of sp³-hybridized carbons (Fsp3) is 0.650. The van der Waals surface area contributed by atoms with Crippen LogP contribution in [0, 0.1) is 17.8 Å². The lowest BCUT2D eigenvalue weighted by Crippen LogP contribution is -2.42. The van der Waals surface area contributed by atoms with Gasteiger partial charge in [0.1, 0.15) is 0 Å². The van der Waals surface area contributed by atoms with E-state index >= 15 is 0 Å². The first-order chi connectivity index (χ1) is 12.1. The largest absolute Gasteiger partial charge is 0.379 e. The van der Waals surface area contributed by atoms with Crippen LogP contribution in [0.3, 0.4) is 0 Å². The molecule has 1 aliphatic heterocycles. The Morgan fingerprint density at radius 2 is 1.78 bits per heavy atom. The molecule has 3 N–H and O–H groups in total. The molecule has 0 radical (unpaired) electrons. The fourth-order valence-corrected chi connectivity index (χ4v) is 4.97. The zero-order valence-electron chi connectivity index (χ0n) is 15.8. The van der Waals surface area contributed by atoms with Gasteiger partial charge < -0.3 is 15.8 Å². The van der Waals surface area contributed by atoms with Crippen LogP contribution in [0.5, 0.6) is 0 Å².